The second kappa shape index (κ2) is 7.66. The third-order valence-electron chi connectivity index (χ3n) is 5.74. The standard InChI is InChI=1S/C21H24BClN2O2/c1-24-8-10-25(11-9-24)17-4-5-18(20(23)14-17)21(26)13-15-2-3-16-6-7-22(27)19(16)12-15/h2-5,12,14,27H,6-11,13H2,1H3. The smallest absolute Gasteiger partial charge is 0.324 e. The molecule has 0 spiro atoms. The highest BCUT2D eigenvalue weighted by Gasteiger charge is 2.25. The highest BCUT2D eigenvalue weighted by Crippen LogP contribution is 2.26. The lowest BCUT2D eigenvalue weighted by Crippen LogP contribution is -2.44. The third kappa shape index (κ3) is 3.91. The molecule has 0 bridgehead atoms. The number of hydrogen-bond acceptors (Lipinski definition) is 4. The van der Waals surface area contributed by atoms with Crippen molar-refractivity contribution in [2.75, 3.05) is 38.1 Å². The van der Waals surface area contributed by atoms with E-state index >= 15 is 0 Å². The summed E-state index contributed by atoms with van der Waals surface area (Å²) in [6.07, 6.45) is 1.98. The SMILES string of the molecule is CN1CCN(c2ccc(C(=O)Cc3ccc4c(c3)B(O)CC4)c(Cl)c2)CC1. The number of hydrogen-bond donors (Lipinski definition) is 1. The van der Waals surface area contributed by atoms with E-state index < -0.39 is 6.92 Å². The highest BCUT2D eigenvalue weighted by atomic mass is 35.5. The molecule has 2 aliphatic rings. The number of nitrogens with zero attached hydrogens (tertiary/aromatic N) is 2. The van der Waals surface area contributed by atoms with Gasteiger partial charge in [-0.2, -0.15) is 0 Å². The van der Waals surface area contributed by atoms with Crippen molar-refractivity contribution < 1.29 is 9.82 Å². The molecule has 0 radical (unpaired) electrons. The number of fused-ring (bicyclic) bond motifs is 1. The van der Waals surface area contributed by atoms with Gasteiger partial charge in [-0.3, -0.25) is 4.79 Å². The molecule has 6 heteroatoms. The van der Waals surface area contributed by atoms with Crippen LogP contribution in [0.2, 0.25) is 11.3 Å². The van der Waals surface area contributed by atoms with E-state index in [-0.39, 0.29) is 5.78 Å². The first-order valence-corrected chi connectivity index (χ1v) is 9.95. The maximum absolute atomic E-state index is 12.8. The normalized spacial score (nSPS) is 17.3. The second-order valence-electron chi connectivity index (χ2n) is 7.64. The fraction of sp³-hybridized carbons (Fsp3) is 0.381. The zero-order valence-electron chi connectivity index (χ0n) is 15.6. The summed E-state index contributed by atoms with van der Waals surface area (Å²) in [5.41, 5.74) is 4.73. The molecule has 0 saturated carbocycles. The van der Waals surface area contributed by atoms with Crippen LogP contribution in [0.1, 0.15) is 21.5 Å². The van der Waals surface area contributed by atoms with Crippen molar-refractivity contribution >= 4 is 35.4 Å². The topological polar surface area (TPSA) is 43.8 Å². The van der Waals surface area contributed by atoms with E-state index in [1.807, 2.05) is 36.4 Å². The maximum atomic E-state index is 12.8. The van der Waals surface area contributed by atoms with Crippen molar-refractivity contribution in [2.45, 2.75) is 19.2 Å². The van der Waals surface area contributed by atoms with E-state index in [1.165, 1.54) is 5.56 Å². The summed E-state index contributed by atoms with van der Waals surface area (Å²) in [6, 6.07) is 11.7. The minimum absolute atomic E-state index is 0.0114. The number of benzene rings is 2. The van der Waals surface area contributed by atoms with Crippen LogP contribution in [0.25, 0.3) is 0 Å². The lowest BCUT2D eigenvalue weighted by Gasteiger charge is -2.34. The first kappa shape index (κ1) is 18.5. The lowest BCUT2D eigenvalue weighted by atomic mass is 9.63. The number of ketones is 1. The summed E-state index contributed by atoms with van der Waals surface area (Å²) in [5, 5.41) is 10.6. The van der Waals surface area contributed by atoms with E-state index in [4.69, 9.17) is 11.6 Å². The van der Waals surface area contributed by atoms with E-state index in [0.29, 0.717) is 17.0 Å². The third-order valence-corrected chi connectivity index (χ3v) is 6.06. The van der Waals surface area contributed by atoms with Gasteiger partial charge < -0.3 is 14.8 Å². The van der Waals surface area contributed by atoms with Crippen LogP contribution in [0, 0.1) is 0 Å². The molecule has 2 aromatic carbocycles. The number of carbonyl (C=O) groups is 1. The first-order valence-electron chi connectivity index (χ1n) is 9.57. The lowest BCUT2D eigenvalue weighted by molar-refractivity contribution is 0.0993. The minimum atomic E-state index is -0.401. The Morgan fingerprint density at radius 1 is 1.15 bits per heavy atom. The van der Waals surface area contributed by atoms with Crippen LogP contribution in [0.15, 0.2) is 36.4 Å². The van der Waals surface area contributed by atoms with Crippen molar-refractivity contribution in [3.63, 3.8) is 0 Å². The number of anilines is 1. The van der Waals surface area contributed by atoms with Gasteiger partial charge in [0.2, 0.25) is 0 Å². The number of aryl methyl sites for hydroxylation is 1. The molecule has 1 saturated heterocycles. The number of piperazine rings is 1. The molecule has 4 nitrogen and oxygen atoms in total. The quantitative estimate of drug-likeness (QED) is 0.651. The van der Waals surface area contributed by atoms with E-state index in [1.54, 1.807) is 0 Å². The van der Waals surface area contributed by atoms with Gasteiger partial charge >= 0.3 is 6.92 Å². The molecule has 2 aliphatic heterocycles. The highest BCUT2D eigenvalue weighted by molar-refractivity contribution is 6.68. The van der Waals surface area contributed by atoms with Gasteiger partial charge in [0.15, 0.2) is 5.78 Å². The molecule has 27 heavy (non-hydrogen) atoms. The summed E-state index contributed by atoms with van der Waals surface area (Å²) >= 11 is 6.46. The molecule has 140 valence electrons. The molecule has 2 aromatic rings. The molecule has 2 heterocycles. The van der Waals surface area contributed by atoms with Crippen LogP contribution in [-0.2, 0) is 12.8 Å². The number of Topliss-reactive ketones (excluding diaryl/α,β-unsaturated/α-hetero) is 1. The van der Waals surface area contributed by atoms with Crippen molar-refractivity contribution in [1.82, 2.24) is 4.90 Å². The average molecular weight is 383 g/mol. The van der Waals surface area contributed by atoms with Gasteiger partial charge in [0.25, 0.3) is 0 Å². The largest absolute Gasteiger partial charge is 0.446 e. The molecule has 0 aliphatic carbocycles. The predicted octanol–water partition coefficient (Wildman–Crippen LogP) is 2.26. The fourth-order valence-corrected chi connectivity index (χ4v) is 4.29. The van der Waals surface area contributed by atoms with E-state index in [9.17, 15) is 9.82 Å². The van der Waals surface area contributed by atoms with Gasteiger partial charge in [-0.1, -0.05) is 35.4 Å². The minimum Gasteiger partial charge on any atom is -0.446 e. The molecular weight excluding hydrogens is 359 g/mol. The summed E-state index contributed by atoms with van der Waals surface area (Å²) in [6.45, 7) is 3.60. The van der Waals surface area contributed by atoms with Gasteiger partial charge in [-0.25, -0.2) is 0 Å². The average Bonchev–Trinajstić information content (AvgIpc) is 3.03. The molecule has 1 fully saturated rings. The molecule has 0 aromatic heterocycles. The van der Waals surface area contributed by atoms with Crippen molar-refractivity contribution in [1.29, 1.82) is 0 Å². The molecule has 0 amide bonds. The van der Waals surface area contributed by atoms with E-state index in [2.05, 4.69) is 16.8 Å². The summed E-state index contributed by atoms with van der Waals surface area (Å²) in [5.74, 6) is 0.0114. The predicted molar refractivity (Wildman–Crippen MR) is 112 cm³/mol. The van der Waals surface area contributed by atoms with Gasteiger partial charge in [0.05, 0.1) is 5.02 Å². The Bertz CT molecular complexity index is 865. The van der Waals surface area contributed by atoms with Gasteiger partial charge in [0, 0.05) is 43.9 Å². The van der Waals surface area contributed by atoms with Crippen molar-refractivity contribution in [3.05, 3.63) is 58.1 Å². The van der Waals surface area contributed by atoms with Crippen LogP contribution in [0.5, 0.6) is 0 Å². The van der Waals surface area contributed by atoms with Crippen molar-refractivity contribution in [2.24, 2.45) is 0 Å². The Hall–Kier alpha value is -1.82. The number of carbonyl (C=O) groups excluding carboxylic acids is 1. The fourth-order valence-electron chi connectivity index (χ4n) is 4.01. The zero-order valence-corrected chi connectivity index (χ0v) is 16.4. The van der Waals surface area contributed by atoms with E-state index in [0.717, 1.165) is 55.6 Å². The number of likely N-dealkylation sites (N-methyl/N-ethyl adjacent to an activating group) is 1. The monoisotopic (exact) mass is 382 g/mol. The Morgan fingerprint density at radius 3 is 2.67 bits per heavy atom. The van der Waals surface area contributed by atoms with Crippen LogP contribution >= 0.6 is 11.6 Å². The Labute approximate surface area is 165 Å². The van der Waals surface area contributed by atoms with Crippen LogP contribution in [0.4, 0.5) is 5.69 Å². The summed E-state index contributed by atoms with van der Waals surface area (Å²) in [4.78, 5) is 17.4. The second-order valence-corrected chi connectivity index (χ2v) is 8.05. The summed E-state index contributed by atoms with van der Waals surface area (Å²) < 4.78 is 0. The van der Waals surface area contributed by atoms with Gasteiger partial charge in [-0.15, -0.1) is 0 Å². The molecule has 0 unspecified atom stereocenters. The van der Waals surface area contributed by atoms with Crippen LogP contribution in [-0.4, -0.2) is 55.8 Å². The Balaban J connectivity index is 1.48. The van der Waals surface area contributed by atoms with Crippen LogP contribution < -0.4 is 10.4 Å². The number of rotatable bonds is 4. The first-order chi connectivity index (χ1) is 13.0. The molecular formula is C21H24BClN2O2. The zero-order chi connectivity index (χ0) is 19.0. The molecule has 0 atom stereocenters. The molecule has 4 rings (SSSR count). The maximum Gasteiger partial charge on any atom is 0.324 e. The van der Waals surface area contributed by atoms with Crippen molar-refractivity contribution in [3.8, 4) is 0 Å². The number of halogens is 1. The van der Waals surface area contributed by atoms with Crippen LogP contribution in [0.3, 0.4) is 0 Å². The summed E-state index contributed by atoms with van der Waals surface area (Å²) in [7, 11) is 2.13. The molecule has 1 N–H and O–H groups in total. The Kier molecular flexibility index (Phi) is 5.26. The Morgan fingerprint density at radius 2 is 1.93 bits per heavy atom. The van der Waals surface area contributed by atoms with Gasteiger partial charge in [-0.05, 0) is 49.0 Å². The van der Waals surface area contributed by atoms with Gasteiger partial charge in [0.1, 0.15) is 0 Å².